The third kappa shape index (κ3) is 5.70. The van der Waals surface area contributed by atoms with E-state index in [0.717, 1.165) is 6.07 Å². The van der Waals surface area contributed by atoms with Crippen molar-refractivity contribution in [1.29, 1.82) is 0 Å². The van der Waals surface area contributed by atoms with E-state index in [2.05, 4.69) is 10.1 Å². The number of ether oxygens (including phenoxy) is 2. The number of rotatable bonds is 7. The fraction of sp³-hybridized carbons (Fsp3) is 0.167. The maximum atomic E-state index is 13.0. The highest BCUT2D eigenvalue weighted by Gasteiger charge is 2.11. The van der Waals surface area contributed by atoms with E-state index in [-0.39, 0.29) is 28.8 Å². The molecule has 0 radical (unpaired) electrons. The lowest BCUT2D eigenvalue weighted by Gasteiger charge is -2.11. The van der Waals surface area contributed by atoms with Gasteiger partial charge in [-0.2, -0.15) is 8.78 Å². The lowest BCUT2D eigenvalue weighted by molar-refractivity contribution is -0.111. The largest absolute Gasteiger partial charge is 0.490 e. The molecule has 0 spiro atoms. The van der Waals surface area contributed by atoms with E-state index in [1.54, 1.807) is 6.92 Å². The van der Waals surface area contributed by atoms with Gasteiger partial charge in [-0.3, -0.25) is 4.79 Å². The summed E-state index contributed by atoms with van der Waals surface area (Å²) in [6.07, 6.45) is 2.68. The molecule has 0 aliphatic carbocycles. The van der Waals surface area contributed by atoms with Crippen LogP contribution in [0.5, 0.6) is 11.5 Å². The van der Waals surface area contributed by atoms with Gasteiger partial charge < -0.3 is 14.8 Å². The fourth-order valence-corrected chi connectivity index (χ4v) is 2.24. The van der Waals surface area contributed by atoms with Crippen LogP contribution in [0.1, 0.15) is 12.5 Å². The highest BCUT2D eigenvalue weighted by Crippen LogP contribution is 2.30. The Morgan fingerprint density at radius 1 is 1.23 bits per heavy atom. The molecule has 1 amide bonds. The van der Waals surface area contributed by atoms with E-state index in [1.807, 2.05) is 0 Å². The Labute approximate surface area is 153 Å². The minimum Gasteiger partial charge on any atom is -0.490 e. The second kappa shape index (κ2) is 9.15. The van der Waals surface area contributed by atoms with Crippen molar-refractivity contribution < 1.29 is 27.4 Å². The molecular formula is C18H15ClF3NO3. The van der Waals surface area contributed by atoms with Gasteiger partial charge in [0.15, 0.2) is 11.5 Å². The molecule has 0 fully saturated rings. The van der Waals surface area contributed by atoms with Gasteiger partial charge in [0, 0.05) is 6.08 Å². The average Bonchev–Trinajstić information content (AvgIpc) is 2.57. The number of nitrogens with one attached hydrogen (secondary N) is 1. The van der Waals surface area contributed by atoms with Gasteiger partial charge in [0.05, 0.1) is 17.3 Å². The molecule has 2 aromatic rings. The number of carbonyl (C=O) groups is 1. The van der Waals surface area contributed by atoms with Crippen LogP contribution < -0.4 is 14.8 Å². The third-order valence-electron chi connectivity index (χ3n) is 3.10. The Morgan fingerprint density at radius 3 is 2.65 bits per heavy atom. The van der Waals surface area contributed by atoms with E-state index in [9.17, 15) is 18.0 Å². The Kier molecular flexibility index (Phi) is 6.91. The number of halogens is 4. The van der Waals surface area contributed by atoms with Crippen molar-refractivity contribution in [3.05, 3.63) is 58.9 Å². The van der Waals surface area contributed by atoms with Crippen LogP contribution in [0.15, 0.2) is 42.5 Å². The van der Waals surface area contributed by atoms with Crippen molar-refractivity contribution >= 4 is 29.3 Å². The molecule has 1 N–H and O–H groups in total. The monoisotopic (exact) mass is 385 g/mol. The maximum absolute atomic E-state index is 13.0. The van der Waals surface area contributed by atoms with Crippen molar-refractivity contribution in [3.63, 3.8) is 0 Å². The van der Waals surface area contributed by atoms with Crippen molar-refractivity contribution in [2.75, 3.05) is 11.9 Å². The summed E-state index contributed by atoms with van der Waals surface area (Å²) in [5.74, 6) is -0.971. The van der Waals surface area contributed by atoms with Gasteiger partial charge in [-0.05, 0) is 48.9 Å². The van der Waals surface area contributed by atoms with Crippen LogP contribution in [0, 0.1) is 5.82 Å². The lowest BCUT2D eigenvalue weighted by atomic mass is 10.2. The SMILES string of the molecule is CCOc1cc(/C=C/C(=O)Nc2ccc(F)cc2Cl)ccc1OC(F)F. The first kappa shape index (κ1) is 19.7. The minimum atomic E-state index is -2.97. The minimum absolute atomic E-state index is 0.0684. The zero-order valence-corrected chi connectivity index (χ0v) is 14.4. The number of anilines is 1. The Hall–Kier alpha value is -2.67. The summed E-state index contributed by atoms with van der Waals surface area (Å²) in [5, 5.41) is 2.57. The van der Waals surface area contributed by atoms with Crippen molar-refractivity contribution in [1.82, 2.24) is 0 Å². The van der Waals surface area contributed by atoms with Crippen LogP contribution >= 0.6 is 11.6 Å². The molecule has 4 nitrogen and oxygen atoms in total. The first-order valence-corrected chi connectivity index (χ1v) is 7.92. The summed E-state index contributed by atoms with van der Waals surface area (Å²) >= 11 is 5.83. The summed E-state index contributed by atoms with van der Waals surface area (Å²) in [6.45, 7) is -1.01. The van der Waals surface area contributed by atoms with Crippen molar-refractivity contribution in [2.45, 2.75) is 13.5 Å². The van der Waals surface area contributed by atoms with Gasteiger partial charge in [-0.1, -0.05) is 17.7 Å². The second-order valence-corrected chi connectivity index (χ2v) is 5.37. The van der Waals surface area contributed by atoms with Gasteiger partial charge in [0.2, 0.25) is 5.91 Å². The molecule has 2 rings (SSSR count). The van der Waals surface area contributed by atoms with Crippen LogP contribution in [-0.2, 0) is 4.79 Å². The van der Waals surface area contributed by atoms with Gasteiger partial charge in [-0.15, -0.1) is 0 Å². The smallest absolute Gasteiger partial charge is 0.387 e. The Bertz CT molecular complexity index is 812. The molecule has 0 bridgehead atoms. The summed E-state index contributed by atoms with van der Waals surface area (Å²) in [4.78, 5) is 11.9. The predicted octanol–water partition coefficient (Wildman–Crippen LogP) is 5.13. The quantitative estimate of drug-likeness (QED) is 0.672. The molecule has 0 saturated carbocycles. The number of hydrogen-bond donors (Lipinski definition) is 1. The van der Waals surface area contributed by atoms with Crippen molar-refractivity contribution in [3.8, 4) is 11.5 Å². The molecule has 0 unspecified atom stereocenters. The summed E-state index contributed by atoms with van der Waals surface area (Å²) < 4.78 is 47.4. The Balaban J connectivity index is 2.10. The molecule has 0 atom stereocenters. The number of hydrogen-bond acceptors (Lipinski definition) is 3. The summed E-state index contributed by atoms with van der Waals surface area (Å²) in [5.41, 5.74) is 0.800. The van der Waals surface area contributed by atoms with E-state index in [4.69, 9.17) is 16.3 Å². The molecule has 138 valence electrons. The van der Waals surface area contributed by atoms with Gasteiger partial charge >= 0.3 is 6.61 Å². The van der Waals surface area contributed by atoms with E-state index in [1.165, 1.54) is 42.5 Å². The first-order chi connectivity index (χ1) is 12.4. The van der Waals surface area contributed by atoms with Gasteiger partial charge in [0.1, 0.15) is 5.82 Å². The maximum Gasteiger partial charge on any atom is 0.387 e. The molecule has 0 aromatic heterocycles. The van der Waals surface area contributed by atoms with Crippen LogP contribution in [0.3, 0.4) is 0 Å². The number of alkyl halides is 2. The molecule has 0 saturated heterocycles. The van der Waals surface area contributed by atoms with Gasteiger partial charge in [-0.25, -0.2) is 4.39 Å². The fourth-order valence-electron chi connectivity index (χ4n) is 2.03. The molecule has 0 aliphatic rings. The van der Waals surface area contributed by atoms with E-state index in [0.29, 0.717) is 5.56 Å². The zero-order chi connectivity index (χ0) is 19.1. The molecular weight excluding hydrogens is 371 g/mol. The normalized spacial score (nSPS) is 11.0. The van der Waals surface area contributed by atoms with E-state index < -0.39 is 18.3 Å². The van der Waals surface area contributed by atoms with E-state index >= 15 is 0 Å². The number of amides is 1. The standard InChI is InChI=1S/C18H15ClF3NO3/c1-2-25-16-9-11(3-7-15(16)26-18(21)22)4-8-17(24)23-14-6-5-12(20)10-13(14)19/h3-10,18H,2H2,1H3,(H,23,24)/b8-4+. The van der Waals surface area contributed by atoms with Crippen LogP contribution in [0.4, 0.5) is 18.9 Å². The highest BCUT2D eigenvalue weighted by atomic mass is 35.5. The zero-order valence-electron chi connectivity index (χ0n) is 13.6. The molecule has 2 aromatic carbocycles. The number of benzene rings is 2. The average molecular weight is 386 g/mol. The topological polar surface area (TPSA) is 47.6 Å². The Morgan fingerprint density at radius 2 is 2.00 bits per heavy atom. The number of carbonyl (C=O) groups excluding carboxylic acids is 1. The van der Waals surface area contributed by atoms with Crippen molar-refractivity contribution in [2.24, 2.45) is 0 Å². The van der Waals surface area contributed by atoms with Crippen LogP contribution in [0.2, 0.25) is 5.02 Å². The van der Waals surface area contributed by atoms with Crippen LogP contribution in [0.25, 0.3) is 6.08 Å². The molecule has 0 aliphatic heterocycles. The van der Waals surface area contributed by atoms with Gasteiger partial charge in [0.25, 0.3) is 0 Å². The predicted molar refractivity (Wildman–Crippen MR) is 93.3 cm³/mol. The third-order valence-corrected chi connectivity index (χ3v) is 3.41. The molecule has 8 heteroatoms. The molecule has 26 heavy (non-hydrogen) atoms. The lowest BCUT2D eigenvalue weighted by Crippen LogP contribution is -2.08. The molecule has 0 heterocycles. The summed E-state index contributed by atoms with van der Waals surface area (Å²) in [6, 6.07) is 7.88. The van der Waals surface area contributed by atoms with Crippen LogP contribution in [-0.4, -0.2) is 19.1 Å². The first-order valence-electron chi connectivity index (χ1n) is 7.55. The summed E-state index contributed by atoms with van der Waals surface area (Å²) in [7, 11) is 0. The second-order valence-electron chi connectivity index (χ2n) is 4.96. The highest BCUT2D eigenvalue weighted by molar-refractivity contribution is 6.33.